The molecule has 0 heterocycles. The molecule has 0 saturated heterocycles. The molecule has 0 aromatic rings. The molecule has 0 fully saturated rings. The van der Waals surface area contributed by atoms with Crippen LogP contribution in [0.25, 0.3) is 0 Å². The third-order valence-corrected chi connectivity index (χ3v) is 2.91. The Morgan fingerprint density at radius 2 is 1.83 bits per heavy atom. The first-order valence-electron chi connectivity index (χ1n) is 5.46. The minimum absolute atomic E-state index is 0.860. The van der Waals surface area contributed by atoms with E-state index < -0.39 is 0 Å². The third-order valence-electron chi connectivity index (χ3n) is 2.91. The van der Waals surface area contributed by atoms with Crippen molar-refractivity contribution in [3.63, 3.8) is 0 Å². The molecule has 0 aromatic heterocycles. The summed E-state index contributed by atoms with van der Waals surface area (Å²) in [4.78, 5) is 0. The smallest absolute Gasteiger partial charge is 0.00745 e. The molecule has 0 rings (SSSR count). The fraction of sp³-hybridized carbons (Fsp3) is 1.00. The van der Waals surface area contributed by atoms with Crippen LogP contribution in [-0.4, -0.2) is 6.54 Å². The second-order valence-corrected chi connectivity index (χ2v) is 3.87. The fourth-order valence-electron chi connectivity index (χ4n) is 1.73. The summed E-state index contributed by atoms with van der Waals surface area (Å²) in [5.74, 6) is 1.74. The Hall–Kier alpha value is -0.0400. The Morgan fingerprint density at radius 3 is 2.25 bits per heavy atom. The highest BCUT2D eigenvalue weighted by Gasteiger charge is 2.13. The molecule has 0 aromatic carbocycles. The summed E-state index contributed by atoms with van der Waals surface area (Å²) in [6, 6.07) is 0. The van der Waals surface area contributed by atoms with E-state index in [9.17, 15) is 0 Å². The highest BCUT2D eigenvalue weighted by molar-refractivity contribution is 4.65. The Bertz CT molecular complexity index is 91.0. The van der Waals surface area contributed by atoms with Crippen LogP contribution in [0, 0.1) is 11.8 Å². The van der Waals surface area contributed by atoms with E-state index >= 15 is 0 Å². The maximum Gasteiger partial charge on any atom is -0.00745 e. The monoisotopic (exact) mass is 171 g/mol. The van der Waals surface area contributed by atoms with Gasteiger partial charge in [0.05, 0.1) is 0 Å². The predicted octanol–water partition coefficient (Wildman–Crippen LogP) is 3.19. The Labute approximate surface area is 77.7 Å². The molecule has 0 amide bonds. The molecule has 0 radical (unpaired) electrons. The van der Waals surface area contributed by atoms with Gasteiger partial charge in [-0.1, -0.05) is 46.5 Å². The third kappa shape index (κ3) is 4.76. The molecule has 0 aliphatic heterocycles. The van der Waals surface area contributed by atoms with E-state index in [0.717, 1.165) is 18.4 Å². The summed E-state index contributed by atoms with van der Waals surface area (Å²) >= 11 is 0. The van der Waals surface area contributed by atoms with Gasteiger partial charge in [-0.2, -0.15) is 0 Å². The summed E-state index contributed by atoms with van der Waals surface area (Å²) in [6.45, 7) is 7.75. The summed E-state index contributed by atoms with van der Waals surface area (Å²) in [5, 5.41) is 0. The van der Waals surface area contributed by atoms with Crippen molar-refractivity contribution in [1.29, 1.82) is 0 Å². The van der Waals surface area contributed by atoms with Crippen LogP contribution in [0.3, 0.4) is 0 Å². The van der Waals surface area contributed by atoms with Gasteiger partial charge in [-0.05, 0) is 24.8 Å². The van der Waals surface area contributed by atoms with Crippen molar-refractivity contribution >= 4 is 0 Å². The largest absolute Gasteiger partial charge is 0.330 e. The molecule has 2 N–H and O–H groups in total. The fourth-order valence-corrected chi connectivity index (χ4v) is 1.73. The highest BCUT2D eigenvalue weighted by atomic mass is 14.5. The number of nitrogens with two attached hydrogens (primary N) is 1. The van der Waals surface area contributed by atoms with Crippen LogP contribution in [0.4, 0.5) is 0 Å². The predicted molar refractivity (Wildman–Crippen MR) is 56.1 cm³/mol. The van der Waals surface area contributed by atoms with Gasteiger partial charge in [-0.25, -0.2) is 0 Å². The molecular weight excluding hydrogens is 146 g/mol. The van der Waals surface area contributed by atoms with Crippen molar-refractivity contribution < 1.29 is 0 Å². The Kier molecular flexibility index (Phi) is 7.58. The lowest BCUT2D eigenvalue weighted by Crippen LogP contribution is -2.15. The van der Waals surface area contributed by atoms with E-state index in [1.54, 1.807) is 0 Å². The summed E-state index contributed by atoms with van der Waals surface area (Å²) < 4.78 is 0. The van der Waals surface area contributed by atoms with E-state index in [4.69, 9.17) is 5.73 Å². The average Bonchev–Trinajstić information content (AvgIpc) is 2.11. The van der Waals surface area contributed by atoms with E-state index in [2.05, 4.69) is 20.8 Å². The van der Waals surface area contributed by atoms with Crippen LogP contribution in [-0.2, 0) is 0 Å². The molecular formula is C11H25N. The van der Waals surface area contributed by atoms with Crippen molar-refractivity contribution in [2.45, 2.75) is 52.9 Å². The standard InChI is InChI=1S/C11H25N/c1-4-6-7-11(8-9-12)10(3)5-2/h10-11H,4-9,12H2,1-3H3. The van der Waals surface area contributed by atoms with Crippen LogP contribution in [0.15, 0.2) is 0 Å². The second kappa shape index (κ2) is 7.60. The molecule has 0 bridgehead atoms. The summed E-state index contributed by atoms with van der Waals surface area (Å²) in [7, 11) is 0. The lowest BCUT2D eigenvalue weighted by atomic mass is 9.85. The van der Waals surface area contributed by atoms with Gasteiger partial charge >= 0.3 is 0 Å². The van der Waals surface area contributed by atoms with Gasteiger partial charge in [0, 0.05) is 0 Å². The SMILES string of the molecule is CCCCC(CCN)C(C)CC. The molecule has 0 spiro atoms. The normalized spacial score (nSPS) is 16.0. The van der Waals surface area contributed by atoms with Gasteiger partial charge in [0.1, 0.15) is 0 Å². The summed E-state index contributed by atoms with van der Waals surface area (Å²) in [6.07, 6.45) is 6.58. The van der Waals surface area contributed by atoms with E-state index in [-0.39, 0.29) is 0 Å². The first-order chi connectivity index (χ1) is 5.76. The van der Waals surface area contributed by atoms with Crippen LogP contribution < -0.4 is 5.73 Å². The van der Waals surface area contributed by atoms with Crippen LogP contribution >= 0.6 is 0 Å². The molecule has 1 heteroatoms. The van der Waals surface area contributed by atoms with Gasteiger partial charge in [-0.3, -0.25) is 0 Å². The van der Waals surface area contributed by atoms with Crippen molar-refractivity contribution in [2.24, 2.45) is 17.6 Å². The van der Waals surface area contributed by atoms with Gasteiger partial charge in [0.2, 0.25) is 0 Å². The molecule has 12 heavy (non-hydrogen) atoms. The molecule has 2 unspecified atom stereocenters. The van der Waals surface area contributed by atoms with Crippen LogP contribution in [0.5, 0.6) is 0 Å². The van der Waals surface area contributed by atoms with Crippen LogP contribution in [0.1, 0.15) is 52.9 Å². The minimum atomic E-state index is 0.860. The average molecular weight is 171 g/mol. The zero-order valence-electron chi connectivity index (χ0n) is 8.97. The van der Waals surface area contributed by atoms with Crippen molar-refractivity contribution in [3.05, 3.63) is 0 Å². The number of hydrogen-bond acceptors (Lipinski definition) is 1. The van der Waals surface area contributed by atoms with Crippen LogP contribution in [0.2, 0.25) is 0 Å². The molecule has 0 aliphatic carbocycles. The lowest BCUT2D eigenvalue weighted by molar-refractivity contribution is 0.304. The zero-order chi connectivity index (χ0) is 9.40. The van der Waals surface area contributed by atoms with Crippen molar-refractivity contribution in [1.82, 2.24) is 0 Å². The topological polar surface area (TPSA) is 26.0 Å². The first kappa shape index (κ1) is 12.0. The maximum absolute atomic E-state index is 5.59. The summed E-state index contributed by atoms with van der Waals surface area (Å²) in [5.41, 5.74) is 5.59. The van der Waals surface area contributed by atoms with Crippen molar-refractivity contribution in [3.8, 4) is 0 Å². The Balaban J connectivity index is 3.68. The lowest BCUT2D eigenvalue weighted by Gasteiger charge is -2.21. The van der Waals surface area contributed by atoms with Gasteiger partial charge < -0.3 is 5.73 Å². The zero-order valence-corrected chi connectivity index (χ0v) is 8.97. The highest BCUT2D eigenvalue weighted by Crippen LogP contribution is 2.23. The maximum atomic E-state index is 5.59. The minimum Gasteiger partial charge on any atom is -0.330 e. The quantitative estimate of drug-likeness (QED) is 0.625. The van der Waals surface area contributed by atoms with E-state index in [1.165, 1.54) is 32.1 Å². The molecule has 1 nitrogen and oxygen atoms in total. The van der Waals surface area contributed by atoms with E-state index in [0.29, 0.717) is 0 Å². The molecule has 2 atom stereocenters. The molecule has 0 aliphatic rings. The van der Waals surface area contributed by atoms with Crippen molar-refractivity contribution in [2.75, 3.05) is 6.54 Å². The van der Waals surface area contributed by atoms with E-state index in [1.807, 2.05) is 0 Å². The number of rotatable bonds is 7. The molecule has 74 valence electrons. The van der Waals surface area contributed by atoms with Gasteiger partial charge in [0.15, 0.2) is 0 Å². The number of unbranched alkanes of at least 4 members (excludes halogenated alkanes) is 1. The molecule has 0 saturated carbocycles. The first-order valence-corrected chi connectivity index (χ1v) is 5.46. The van der Waals surface area contributed by atoms with Gasteiger partial charge in [-0.15, -0.1) is 0 Å². The Morgan fingerprint density at radius 1 is 1.17 bits per heavy atom. The van der Waals surface area contributed by atoms with Gasteiger partial charge in [0.25, 0.3) is 0 Å². The second-order valence-electron chi connectivity index (χ2n) is 3.87. The number of hydrogen-bond donors (Lipinski definition) is 1.